The van der Waals surface area contributed by atoms with Gasteiger partial charge in [0.05, 0.1) is 10.8 Å². The molecule has 2 rings (SSSR count). The number of thiazole rings is 1. The van der Waals surface area contributed by atoms with Gasteiger partial charge in [0.15, 0.2) is 0 Å². The Morgan fingerprint density at radius 1 is 1.41 bits per heavy atom. The second kappa shape index (κ2) is 7.04. The van der Waals surface area contributed by atoms with Gasteiger partial charge in [0.1, 0.15) is 5.82 Å². The number of aryl methyl sites for hydroxylation is 1. The van der Waals surface area contributed by atoms with Crippen LogP contribution in [-0.2, 0) is 22.2 Å². The number of sulfonamides is 1. The molecule has 0 amide bonds. The largest absolute Gasteiger partial charge is 0.249 e. The molecular weight excluding hydrogens is 347 g/mol. The van der Waals surface area contributed by atoms with Gasteiger partial charge in [-0.1, -0.05) is 11.6 Å². The summed E-state index contributed by atoms with van der Waals surface area (Å²) >= 11 is 7.33. The molecule has 1 heterocycles. The first kappa shape index (κ1) is 17.3. The summed E-state index contributed by atoms with van der Waals surface area (Å²) in [6.45, 7) is 2.25. The number of hydrogen-bond donors (Lipinski definition) is 0. The third-order valence-corrected chi connectivity index (χ3v) is 6.15. The Hall–Kier alpha value is -1.02. The van der Waals surface area contributed by atoms with Crippen LogP contribution in [0.15, 0.2) is 24.4 Å². The molecule has 0 aliphatic rings. The van der Waals surface area contributed by atoms with Crippen LogP contribution in [0.1, 0.15) is 15.4 Å². The minimum Gasteiger partial charge on any atom is -0.249 e. The highest BCUT2D eigenvalue weighted by atomic mass is 35.5. The van der Waals surface area contributed by atoms with Crippen LogP contribution in [0, 0.1) is 12.7 Å². The normalized spacial score (nSPS) is 12.0. The first-order valence-electron chi connectivity index (χ1n) is 6.57. The number of hydrogen-bond acceptors (Lipinski definition) is 4. The van der Waals surface area contributed by atoms with Gasteiger partial charge in [0, 0.05) is 41.7 Å². The monoisotopic (exact) mass is 362 g/mol. The highest BCUT2D eigenvalue weighted by Crippen LogP contribution is 2.19. The van der Waals surface area contributed by atoms with Gasteiger partial charge in [0.25, 0.3) is 0 Å². The lowest BCUT2D eigenvalue weighted by Crippen LogP contribution is -2.30. The lowest BCUT2D eigenvalue weighted by atomic mass is 10.2. The van der Waals surface area contributed by atoms with Crippen molar-refractivity contribution < 1.29 is 12.8 Å². The molecule has 0 saturated heterocycles. The molecule has 0 radical (unpaired) electrons. The predicted molar refractivity (Wildman–Crippen MR) is 87.2 cm³/mol. The molecule has 0 N–H and O–H groups in total. The van der Waals surface area contributed by atoms with E-state index in [0.717, 1.165) is 9.88 Å². The zero-order valence-corrected chi connectivity index (χ0v) is 14.6. The van der Waals surface area contributed by atoms with Gasteiger partial charge < -0.3 is 0 Å². The van der Waals surface area contributed by atoms with Gasteiger partial charge in [-0.25, -0.2) is 22.1 Å². The maximum atomic E-state index is 13.7. The van der Waals surface area contributed by atoms with Crippen molar-refractivity contribution in [2.24, 2.45) is 0 Å². The molecule has 0 fully saturated rings. The van der Waals surface area contributed by atoms with Crippen LogP contribution >= 0.6 is 22.9 Å². The fraction of sp³-hybridized carbons (Fsp3) is 0.357. The molecule has 120 valence electrons. The van der Waals surface area contributed by atoms with Gasteiger partial charge in [0.2, 0.25) is 10.0 Å². The maximum Gasteiger partial charge on any atom is 0.218 e. The topological polar surface area (TPSA) is 50.3 Å². The van der Waals surface area contributed by atoms with Crippen molar-refractivity contribution in [1.82, 2.24) is 9.29 Å². The fourth-order valence-corrected chi connectivity index (χ4v) is 4.04. The molecule has 0 bridgehead atoms. The summed E-state index contributed by atoms with van der Waals surface area (Å²) in [6.07, 6.45) is 2.29. The maximum absolute atomic E-state index is 13.7. The van der Waals surface area contributed by atoms with Gasteiger partial charge in [-0.05, 0) is 25.1 Å². The van der Waals surface area contributed by atoms with Crippen LogP contribution in [0.4, 0.5) is 4.39 Å². The summed E-state index contributed by atoms with van der Waals surface area (Å²) in [4.78, 5) is 5.28. The second-order valence-corrected chi connectivity index (χ2v) is 8.76. The van der Waals surface area contributed by atoms with Crippen LogP contribution in [0.3, 0.4) is 0 Å². The van der Waals surface area contributed by atoms with Crippen molar-refractivity contribution in [3.8, 4) is 0 Å². The molecule has 0 saturated carbocycles. The van der Waals surface area contributed by atoms with Crippen molar-refractivity contribution in [3.63, 3.8) is 0 Å². The third-order valence-electron chi connectivity index (χ3n) is 3.13. The number of benzene rings is 1. The number of halogens is 2. The predicted octanol–water partition coefficient (Wildman–Crippen LogP) is 3.25. The van der Waals surface area contributed by atoms with Crippen molar-refractivity contribution >= 4 is 33.0 Å². The first-order chi connectivity index (χ1) is 10.3. The van der Waals surface area contributed by atoms with E-state index in [4.69, 9.17) is 11.6 Å². The van der Waals surface area contributed by atoms with E-state index in [1.807, 2.05) is 6.92 Å². The molecule has 0 unspecified atom stereocenters. The van der Waals surface area contributed by atoms with E-state index < -0.39 is 21.6 Å². The molecule has 2 aromatic rings. The molecule has 8 heteroatoms. The van der Waals surface area contributed by atoms with Gasteiger partial charge in [-0.3, -0.25) is 0 Å². The minimum atomic E-state index is -3.60. The molecule has 4 nitrogen and oxygen atoms in total. The van der Waals surface area contributed by atoms with Crippen molar-refractivity contribution in [2.75, 3.05) is 13.6 Å². The van der Waals surface area contributed by atoms with Crippen LogP contribution < -0.4 is 0 Å². The van der Waals surface area contributed by atoms with Crippen LogP contribution in [0.2, 0.25) is 5.02 Å². The number of aromatic nitrogens is 1. The number of likely N-dealkylation sites (N-methyl/N-ethyl adjacent to an activating group) is 1. The Labute approximate surface area is 138 Å². The summed E-state index contributed by atoms with van der Waals surface area (Å²) in [7, 11) is -2.12. The molecule has 1 aromatic carbocycles. The highest BCUT2D eigenvalue weighted by molar-refractivity contribution is 7.88. The SMILES string of the molecule is Cc1cnc(CCN(C)S(=O)(=O)Cc2cc(Cl)ccc2F)s1. The Morgan fingerprint density at radius 3 is 2.77 bits per heavy atom. The summed E-state index contributed by atoms with van der Waals surface area (Å²) < 4.78 is 39.5. The van der Waals surface area contributed by atoms with E-state index in [0.29, 0.717) is 18.0 Å². The third kappa shape index (κ3) is 4.49. The van der Waals surface area contributed by atoms with Crippen LogP contribution in [0.25, 0.3) is 0 Å². The fourth-order valence-electron chi connectivity index (χ4n) is 1.87. The van der Waals surface area contributed by atoms with Gasteiger partial charge >= 0.3 is 0 Å². The average Bonchev–Trinajstić information content (AvgIpc) is 2.85. The Bertz CT molecular complexity index is 762. The lowest BCUT2D eigenvalue weighted by Gasteiger charge is -2.17. The van der Waals surface area contributed by atoms with E-state index >= 15 is 0 Å². The first-order valence-corrected chi connectivity index (χ1v) is 9.37. The zero-order valence-electron chi connectivity index (χ0n) is 12.2. The van der Waals surface area contributed by atoms with Crippen molar-refractivity contribution in [3.05, 3.63) is 50.7 Å². The molecule has 0 aliphatic heterocycles. The quantitative estimate of drug-likeness (QED) is 0.792. The van der Waals surface area contributed by atoms with Crippen LogP contribution in [0.5, 0.6) is 0 Å². The smallest absolute Gasteiger partial charge is 0.218 e. The summed E-state index contributed by atoms with van der Waals surface area (Å²) in [5.41, 5.74) is 0.0736. The van der Waals surface area contributed by atoms with E-state index in [2.05, 4.69) is 4.98 Å². The average molecular weight is 363 g/mol. The molecule has 22 heavy (non-hydrogen) atoms. The summed E-state index contributed by atoms with van der Waals surface area (Å²) in [5.74, 6) is -0.982. The standard InChI is InChI=1S/C14H16ClFN2O2S2/c1-10-8-17-14(21-10)5-6-18(2)22(19,20)9-11-7-12(15)3-4-13(11)16/h3-4,7-8H,5-6,9H2,1-2H3. The molecular formula is C14H16ClFN2O2S2. The lowest BCUT2D eigenvalue weighted by molar-refractivity contribution is 0.470. The Kier molecular flexibility index (Phi) is 5.55. The summed E-state index contributed by atoms with van der Waals surface area (Å²) in [5, 5.41) is 1.20. The minimum absolute atomic E-state index is 0.0736. The molecule has 0 spiro atoms. The van der Waals surface area contributed by atoms with E-state index in [-0.39, 0.29) is 5.56 Å². The Morgan fingerprint density at radius 2 is 2.14 bits per heavy atom. The van der Waals surface area contributed by atoms with E-state index in [1.165, 1.54) is 40.9 Å². The number of nitrogens with zero attached hydrogens (tertiary/aromatic N) is 2. The highest BCUT2D eigenvalue weighted by Gasteiger charge is 2.20. The Balaban J connectivity index is 2.04. The number of rotatable bonds is 6. The van der Waals surface area contributed by atoms with Gasteiger partial charge in [-0.15, -0.1) is 11.3 Å². The summed E-state index contributed by atoms with van der Waals surface area (Å²) in [6, 6.07) is 3.90. The van der Waals surface area contributed by atoms with Crippen molar-refractivity contribution in [2.45, 2.75) is 19.1 Å². The molecule has 0 atom stereocenters. The zero-order chi connectivity index (χ0) is 16.3. The van der Waals surface area contributed by atoms with Gasteiger partial charge in [-0.2, -0.15) is 0 Å². The second-order valence-electron chi connectivity index (χ2n) is 4.93. The molecule has 1 aromatic heterocycles. The van der Waals surface area contributed by atoms with E-state index in [1.54, 1.807) is 6.20 Å². The van der Waals surface area contributed by atoms with E-state index in [9.17, 15) is 12.8 Å². The van der Waals surface area contributed by atoms with Crippen LogP contribution in [-0.4, -0.2) is 31.3 Å². The molecule has 0 aliphatic carbocycles. The van der Waals surface area contributed by atoms with Crippen molar-refractivity contribution in [1.29, 1.82) is 0 Å².